The van der Waals surface area contributed by atoms with Crippen molar-refractivity contribution in [2.24, 2.45) is 0 Å². The largest absolute Gasteiger partial charge is 0.229 e. The van der Waals surface area contributed by atoms with E-state index in [4.69, 9.17) is 23.2 Å². The van der Waals surface area contributed by atoms with Crippen LogP contribution in [0.4, 0.5) is 0 Å². The molecule has 4 rings (SSSR count). The zero-order valence-electron chi connectivity index (χ0n) is 12.6. The molecule has 0 aliphatic rings. The topological polar surface area (TPSA) is 25.8 Å². The third kappa shape index (κ3) is 3.28. The number of fused-ring (bicyclic) bond motifs is 2. The van der Waals surface area contributed by atoms with Gasteiger partial charge in [0.15, 0.2) is 8.68 Å². The van der Waals surface area contributed by atoms with Gasteiger partial charge in [-0.3, -0.25) is 0 Å². The van der Waals surface area contributed by atoms with Crippen molar-refractivity contribution in [1.82, 2.24) is 9.97 Å². The van der Waals surface area contributed by atoms with Gasteiger partial charge in [0.05, 0.1) is 20.4 Å². The van der Waals surface area contributed by atoms with Crippen LogP contribution in [0.25, 0.3) is 20.4 Å². The standard InChI is InChI=1S/C16H10Cl2N2S4/c1-7-3-11-13(5-9(7)17)21-15(19-11)23-24-16-20-12-4-8(2)10(18)6-14(12)22-16/h3-6H,1-2H3. The van der Waals surface area contributed by atoms with Gasteiger partial charge in [-0.2, -0.15) is 0 Å². The Morgan fingerprint density at radius 3 is 1.58 bits per heavy atom. The minimum atomic E-state index is 0.786. The zero-order chi connectivity index (χ0) is 16.8. The van der Waals surface area contributed by atoms with Crippen molar-refractivity contribution in [2.75, 3.05) is 0 Å². The van der Waals surface area contributed by atoms with Gasteiger partial charge < -0.3 is 0 Å². The number of thiazole rings is 2. The van der Waals surface area contributed by atoms with E-state index in [0.29, 0.717) is 0 Å². The lowest BCUT2D eigenvalue weighted by Gasteiger charge is -1.94. The van der Waals surface area contributed by atoms with Crippen LogP contribution in [0.5, 0.6) is 0 Å². The fourth-order valence-corrected chi connectivity index (χ4v) is 7.20. The van der Waals surface area contributed by atoms with Gasteiger partial charge in [-0.1, -0.05) is 23.2 Å². The monoisotopic (exact) mass is 428 g/mol. The highest BCUT2D eigenvalue weighted by atomic mass is 35.5. The molecule has 0 aliphatic heterocycles. The lowest BCUT2D eigenvalue weighted by molar-refractivity contribution is 1.30. The predicted octanol–water partition coefficient (Wildman–Crippen LogP) is 7.63. The van der Waals surface area contributed by atoms with Crippen LogP contribution in [-0.2, 0) is 0 Å². The fraction of sp³-hybridized carbons (Fsp3) is 0.125. The third-order valence-corrected chi connectivity index (χ3v) is 9.30. The number of aromatic nitrogens is 2. The molecule has 0 atom stereocenters. The number of hydrogen-bond donors (Lipinski definition) is 0. The Hall–Kier alpha value is -0.500. The summed E-state index contributed by atoms with van der Waals surface area (Å²) in [6.45, 7) is 3.99. The van der Waals surface area contributed by atoms with E-state index in [0.717, 1.165) is 50.3 Å². The van der Waals surface area contributed by atoms with Crippen LogP contribution in [0.3, 0.4) is 0 Å². The molecule has 2 aromatic carbocycles. The zero-order valence-corrected chi connectivity index (χ0v) is 17.4. The molecule has 4 aromatic rings. The first kappa shape index (κ1) is 16.9. The van der Waals surface area contributed by atoms with Crippen molar-refractivity contribution in [3.63, 3.8) is 0 Å². The van der Waals surface area contributed by atoms with Crippen LogP contribution in [0.15, 0.2) is 32.9 Å². The summed E-state index contributed by atoms with van der Waals surface area (Å²) < 4.78 is 4.23. The van der Waals surface area contributed by atoms with E-state index in [1.54, 1.807) is 44.3 Å². The molecule has 2 nitrogen and oxygen atoms in total. The predicted molar refractivity (Wildman–Crippen MR) is 110 cm³/mol. The first-order valence-corrected chi connectivity index (χ1v) is 11.5. The Kier molecular flexibility index (Phi) is 4.71. The van der Waals surface area contributed by atoms with E-state index < -0.39 is 0 Å². The highest BCUT2D eigenvalue weighted by Gasteiger charge is 2.11. The summed E-state index contributed by atoms with van der Waals surface area (Å²) in [5, 5.41) is 1.57. The first-order valence-electron chi connectivity index (χ1n) is 6.97. The van der Waals surface area contributed by atoms with E-state index in [9.17, 15) is 0 Å². The van der Waals surface area contributed by atoms with Crippen LogP contribution < -0.4 is 0 Å². The van der Waals surface area contributed by atoms with Crippen molar-refractivity contribution < 1.29 is 0 Å². The summed E-state index contributed by atoms with van der Waals surface area (Å²) in [4.78, 5) is 9.34. The highest BCUT2D eigenvalue weighted by molar-refractivity contribution is 8.77. The van der Waals surface area contributed by atoms with Crippen molar-refractivity contribution in [1.29, 1.82) is 0 Å². The SMILES string of the molecule is Cc1cc2nc(SSc3nc4cc(C)c(Cl)cc4s3)sc2cc1Cl. The van der Waals surface area contributed by atoms with Crippen LogP contribution in [0.2, 0.25) is 10.0 Å². The molecule has 0 N–H and O–H groups in total. The van der Waals surface area contributed by atoms with E-state index in [1.807, 2.05) is 38.1 Å². The maximum atomic E-state index is 6.19. The number of hydrogen-bond acceptors (Lipinski definition) is 6. The van der Waals surface area contributed by atoms with E-state index in [-0.39, 0.29) is 0 Å². The Bertz CT molecular complexity index is 907. The second kappa shape index (κ2) is 6.67. The van der Waals surface area contributed by atoms with E-state index in [1.165, 1.54) is 0 Å². The molecule has 0 bridgehead atoms. The lowest BCUT2D eigenvalue weighted by Crippen LogP contribution is -1.75. The van der Waals surface area contributed by atoms with Gasteiger partial charge >= 0.3 is 0 Å². The van der Waals surface area contributed by atoms with E-state index in [2.05, 4.69) is 9.97 Å². The molecule has 2 heterocycles. The highest BCUT2D eigenvalue weighted by Crippen LogP contribution is 2.44. The van der Waals surface area contributed by atoms with Gasteiger partial charge in [0.2, 0.25) is 0 Å². The van der Waals surface area contributed by atoms with Gasteiger partial charge in [0.25, 0.3) is 0 Å². The van der Waals surface area contributed by atoms with Crippen LogP contribution in [0.1, 0.15) is 11.1 Å². The summed E-state index contributed by atoms with van der Waals surface area (Å²) in [5.74, 6) is 0. The maximum absolute atomic E-state index is 6.19. The van der Waals surface area contributed by atoms with Gasteiger partial charge in [-0.15, -0.1) is 22.7 Å². The summed E-state index contributed by atoms with van der Waals surface area (Å²) >= 11 is 15.7. The quantitative estimate of drug-likeness (QED) is 0.313. The van der Waals surface area contributed by atoms with Crippen molar-refractivity contribution in [3.8, 4) is 0 Å². The Labute approximate surface area is 165 Å². The summed E-state index contributed by atoms with van der Waals surface area (Å²) in [6, 6.07) is 8.04. The van der Waals surface area contributed by atoms with Crippen LogP contribution in [-0.4, -0.2) is 9.97 Å². The van der Waals surface area contributed by atoms with Gasteiger partial charge in [0.1, 0.15) is 0 Å². The normalized spacial score (nSPS) is 11.7. The fourth-order valence-electron chi connectivity index (χ4n) is 2.21. The second-order valence-electron chi connectivity index (χ2n) is 5.26. The van der Waals surface area contributed by atoms with Crippen LogP contribution in [0, 0.1) is 13.8 Å². The minimum absolute atomic E-state index is 0.786. The summed E-state index contributed by atoms with van der Waals surface area (Å²) in [6.07, 6.45) is 0. The van der Waals surface area contributed by atoms with Crippen molar-refractivity contribution >= 4 is 87.9 Å². The van der Waals surface area contributed by atoms with Crippen molar-refractivity contribution in [3.05, 3.63) is 45.4 Å². The smallest absolute Gasteiger partial charge is 0.162 e. The van der Waals surface area contributed by atoms with E-state index >= 15 is 0 Å². The number of aryl methyl sites for hydroxylation is 2. The average molecular weight is 429 g/mol. The molecule has 0 spiro atoms. The molecule has 24 heavy (non-hydrogen) atoms. The molecule has 0 amide bonds. The molecule has 0 aliphatic carbocycles. The van der Waals surface area contributed by atoms with Gasteiger partial charge in [-0.25, -0.2) is 9.97 Å². The number of rotatable bonds is 3. The Morgan fingerprint density at radius 1 is 0.750 bits per heavy atom. The van der Waals surface area contributed by atoms with Gasteiger partial charge in [-0.05, 0) is 70.8 Å². The molecule has 122 valence electrons. The van der Waals surface area contributed by atoms with Gasteiger partial charge in [0, 0.05) is 10.0 Å². The lowest BCUT2D eigenvalue weighted by atomic mass is 10.2. The number of halogens is 2. The molecular formula is C16H10Cl2N2S4. The molecule has 0 unspecified atom stereocenters. The summed E-state index contributed by atoms with van der Waals surface area (Å²) in [7, 11) is 3.26. The molecule has 8 heteroatoms. The third-order valence-electron chi connectivity index (χ3n) is 3.48. The number of nitrogens with zero attached hydrogens (tertiary/aromatic N) is 2. The Balaban J connectivity index is 1.58. The second-order valence-corrected chi connectivity index (χ2v) is 10.8. The Morgan fingerprint density at radius 2 is 1.17 bits per heavy atom. The average Bonchev–Trinajstić information content (AvgIpc) is 3.09. The minimum Gasteiger partial charge on any atom is -0.229 e. The maximum Gasteiger partial charge on any atom is 0.162 e. The molecule has 0 fully saturated rings. The molecular weight excluding hydrogens is 419 g/mol. The van der Waals surface area contributed by atoms with Crippen molar-refractivity contribution in [2.45, 2.75) is 22.5 Å². The summed E-state index contributed by atoms with van der Waals surface area (Å²) in [5.41, 5.74) is 4.10. The first-order chi connectivity index (χ1) is 11.5. The molecule has 2 aromatic heterocycles. The number of benzene rings is 2. The molecule has 0 saturated carbocycles. The van der Waals surface area contributed by atoms with Crippen LogP contribution >= 0.6 is 67.5 Å². The molecule has 0 radical (unpaired) electrons. The molecule has 0 saturated heterocycles.